The lowest BCUT2D eigenvalue weighted by molar-refractivity contribution is 0.0938. The van der Waals surface area contributed by atoms with Crippen molar-refractivity contribution in [2.45, 2.75) is 25.4 Å². The summed E-state index contributed by atoms with van der Waals surface area (Å²) in [6, 6.07) is 6.73. The van der Waals surface area contributed by atoms with Crippen LogP contribution in [0, 0.1) is 0 Å². The molecule has 1 aliphatic heterocycles. The first-order valence-corrected chi connectivity index (χ1v) is 8.12. The van der Waals surface area contributed by atoms with Crippen molar-refractivity contribution in [1.82, 2.24) is 5.32 Å². The summed E-state index contributed by atoms with van der Waals surface area (Å²) in [4.78, 5) is 12.0. The average molecular weight is 282 g/mol. The lowest BCUT2D eigenvalue weighted by atomic mass is 10.1. The monoisotopic (exact) mass is 282 g/mol. The summed E-state index contributed by atoms with van der Waals surface area (Å²) in [7, 11) is -3.00. The molecule has 104 valence electrons. The van der Waals surface area contributed by atoms with Crippen LogP contribution in [0.3, 0.4) is 0 Å². The highest BCUT2D eigenvalue weighted by Gasteiger charge is 2.26. The van der Waals surface area contributed by atoms with Crippen molar-refractivity contribution in [2.75, 3.05) is 11.5 Å². The molecular formula is C13H18N2O3S. The molecule has 2 rings (SSSR count). The van der Waals surface area contributed by atoms with E-state index in [-0.39, 0.29) is 23.5 Å². The van der Waals surface area contributed by atoms with Gasteiger partial charge in [0.1, 0.15) is 0 Å². The highest BCUT2D eigenvalue weighted by Crippen LogP contribution is 2.13. The number of amides is 1. The Labute approximate surface area is 113 Å². The maximum absolute atomic E-state index is 12.0. The molecule has 1 heterocycles. The molecule has 0 saturated carbocycles. The van der Waals surface area contributed by atoms with Crippen molar-refractivity contribution >= 4 is 15.7 Å². The maximum atomic E-state index is 12.0. The number of carbonyl (C=O) groups is 1. The molecule has 1 aliphatic rings. The quantitative estimate of drug-likeness (QED) is 0.842. The molecule has 1 atom stereocenters. The van der Waals surface area contributed by atoms with Crippen LogP contribution in [-0.4, -0.2) is 31.9 Å². The summed E-state index contributed by atoms with van der Waals surface area (Å²) < 4.78 is 23.0. The molecule has 1 amide bonds. The number of benzene rings is 1. The summed E-state index contributed by atoms with van der Waals surface area (Å²) in [5.41, 5.74) is 6.97. The molecule has 0 spiro atoms. The fourth-order valence-electron chi connectivity index (χ4n) is 2.20. The van der Waals surface area contributed by atoms with Crippen molar-refractivity contribution < 1.29 is 13.2 Å². The molecule has 1 aromatic carbocycles. The van der Waals surface area contributed by atoms with E-state index in [1.165, 1.54) is 0 Å². The van der Waals surface area contributed by atoms with Crippen molar-refractivity contribution in [2.24, 2.45) is 5.73 Å². The van der Waals surface area contributed by atoms with Crippen LogP contribution in [0.25, 0.3) is 0 Å². The Kier molecular flexibility index (Phi) is 4.21. The van der Waals surface area contributed by atoms with E-state index < -0.39 is 9.84 Å². The first-order valence-electron chi connectivity index (χ1n) is 6.30. The van der Waals surface area contributed by atoms with Crippen molar-refractivity contribution in [3.05, 3.63) is 35.4 Å². The van der Waals surface area contributed by atoms with Crippen LogP contribution in [0.4, 0.5) is 0 Å². The van der Waals surface area contributed by atoms with Gasteiger partial charge >= 0.3 is 0 Å². The number of hydrogen-bond acceptors (Lipinski definition) is 4. The number of rotatable bonds is 3. The fourth-order valence-corrected chi connectivity index (χ4v) is 3.83. The van der Waals surface area contributed by atoms with Crippen LogP contribution in [-0.2, 0) is 16.4 Å². The van der Waals surface area contributed by atoms with Gasteiger partial charge in [-0.15, -0.1) is 0 Å². The molecule has 0 radical (unpaired) electrons. The Hall–Kier alpha value is -1.40. The van der Waals surface area contributed by atoms with Gasteiger partial charge in [0.2, 0.25) is 0 Å². The third-order valence-electron chi connectivity index (χ3n) is 3.25. The van der Waals surface area contributed by atoms with Gasteiger partial charge in [-0.05, 0) is 30.5 Å². The molecule has 1 aromatic rings. The van der Waals surface area contributed by atoms with Crippen LogP contribution in [0.1, 0.15) is 28.8 Å². The van der Waals surface area contributed by atoms with Crippen LogP contribution in [0.2, 0.25) is 0 Å². The van der Waals surface area contributed by atoms with Gasteiger partial charge in [-0.3, -0.25) is 4.79 Å². The molecule has 0 bridgehead atoms. The first kappa shape index (κ1) is 14.0. The highest BCUT2D eigenvalue weighted by molar-refractivity contribution is 7.91. The van der Waals surface area contributed by atoms with Gasteiger partial charge in [0.25, 0.3) is 5.91 Å². The predicted molar refractivity (Wildman–Crippen MR) is 73.5 cm³/mol. The van der Waals surface area contributed by atoms with Gasteiger partial charge < -0.3 is 11.1 Å². The zero-order valence-electron chi connectivity index (χ0n) is 10.6. The van der Waals surface area contributed by atoms with Crippen molar-refractivity contribution in [1.29, 1.82) is 0 Å². The van der Waals surface area contributed by atoms with E-state index in [0.29, 0.717) is 24.9 Å². The normalized spacial score (nSPS) is 21.8. The zero-order valence-corrected chi connectivity index (χ0v) is 11.4. The van der Waals surface area contributed by atoms with Crippen LogP contribution < -0.4 is 11.1 Å². The summed E-state index contributed by atoms with van der Waals surface area (Å²) >= 11 is 0. The Morgan fingerprint density at radius 3 is 2.58 bits per heavy atom. The highest BCUT2D eigenvalue weighted by atomic mass is 32.2. The Balaban J connectivity index is 2.00. The van der Waals surface area contributed by atoms with Gasteiger partial charge in [-0.2, -0.15) is 0 Å². The summed E-state index contributed by atoms with van der Waals surface area (Å²) in [6.45, 7) is 0.433. The minimum absolute atomic E-state index is 0.0413. The summed E-state index contributed by atoms with van der Waals surface area (Å²) in [5.74, 6) is 0.0372. The molecule has 5 nitrogen and oxygen atoms in total. The predicted octanol–water partition coefficient (Wildman–Crippen LogP) is 0.452. The molecule has 3 N–H and O–H groups in total. The largest absolute Gasteiger partial charge is 0.348 e. The minimum atomic E-state index is -3.00. The number of sulfone groups is 1. The first-order chi connectivity index (χ1) is 9.00. The molecule has 6 heteroatoms. The molecule has 0 aromatic heterocycles. The summed E-state index contributed by atoms with van der Waals surface area (Å²) in [5, 5.41) is 2.78. The summed E-state index contributed by atoms with van der Waals surface area (Å²) in [6.07, 6.45) is 1.32. The molecule has 1 saturated heterocycles. The maximum Gasteiger partial charge on any atom is 0.251 e. The van der Waals surface area contributed by atoms with E-state index in [2.05, 4.69) is 5.32 Å². The third kappa shape index (κ3) is 3.78. The zero-order chi connectivity index (χ0) is 13.9. The number of hydrogen-bond donors (Lipinski definition) is 2. The van der Waals surface area contributed by atoms with Crippen LogP contribution >= 0.6 is 0 Å². The number of nitrogens with two attached hydrogens (primary N) is 1. The Bertz CT molecular complexity index is 552. The smallest absolute Gasteiger partial charge is 0.251 e. The van der Waals surface area contributed by atoms with E-state index in [0.717, 1.165) is 5.56 Å². The second kappa shape index (κ2) is 5.71. The van der Waals surface area contributed by atoms with Crippen LogP contribution in [0.15, 0.2) is 24.3 Å². The second-order valence-electron chi connectivity index (χ2n) is 4.83. The van der Waals surface area contributed by atoms with Gasteiger partial charge in [0.15, 0.2) is 9.84 Å². The molecule has 0 aliphatic carbocycles. The van der Waals surface area contributed by atoms with Crippen molar-refractivity contribution in [3.63, 3.8) is 0 Å². The minimum Gasteiger partial charge on any atom is -0.348 e. The Morgan fingerprint density at radius 2 is 2.00 bits per heavy atom. The molecule has 19 heavy (non-hydrogen) atoms. The second-order valence-corrected chi connectivity index (χ2v) is 7.06. The van der Waals surface area contributed by atoms with E-state index in [1.54, 1.807) is 24.3 Å². The van der Waals surface area contributed by atoms with E-state index in [4.69, 9.17) is 5.73 Å². The fraction of sp³-hybridized carbons (Fsp3) is 0.462. The number of carbonyl (C=O) groups excluding carboxylic acids is 1. The van der Waals surface area contributed by atoms with Crippen LogP contribution in [0.5, 0.6) is 0 Å². The molecule has 1 unspecified atom stereocenters. The van der Waals surface area contributed by atoms with Gasteiger partial charge in [0.05, 0.1) is 11.5 Å². The van der Waals surface area contributed by atoms with E-state index in [1.807, 2.05) is 0 Å². The third-order valence-corrected chi connectivity index (χ3v) is 5.07. The Morgan fingerprint density at radius 1 is 1.32 bits per heavy atom. The molecular weight excluding hydrogens is 264 g/mol. The number of nitrogens with one attached hydrogen (secondary N) is 1. The van der Waals surface area contributed by atoms with Crippen molar-refractivity contribution in [3.8, 4) is 0 Å². The average Bonchev–Trinajstić information content (AvgIpc) is 2.37. The molecule has 1 fully saturated rings. The van der Waals surface area contributed by atoms with Gasteiger partial charge in [-0.25, -0.2) is 8.42 Å². The topological polar surface area (TPSA) is 89.3 Å². The lowest BCUT2D eigenvalue weighted by Gasteiger charge is -2.23. The lowest BCUT2D eigenvalue weighted by Crippen LogP contribution is -2.43. The SMILES string of the molecule is NCc1ccc(C(=O)NC2CCCS(=O)(=O)C2)cc1. The van der Waals surface area contributed by atoms with Gasteiger partial charge in [-0.1, -0.05) is 12.1 Å². The standard InChI is InChI=1S/C13H18N2O3S/c14-8-10-3-5-11(6-4-10)13(16)15-12-2-1-7-19(17,18)9-12/h3-6,12H,1-2,7-9,14H2,(H,15,16). The van der Waals surface area contributed by atoms with E-state index >= 15 is 0 Å². The van der Waals surface area contributed by atoms with E-state index in [9.17, 15) is 13.2 Å². The van der Waals surface area contributed by atoms with Gasteiger partial charge in [0, 0.05) is 18.2 Å².